The number of rotatable bonds is 3. The molecule has 2 N–H and O–H groups in total. The Morgan fingerprint density at radius 1 is 1.38 bits per heavy atom. The molecule has 0 bridgehead atoms. The Hall–Kier alpha value is -1.85. The van der Waals surface area contributed by atoms with Crippen LogP contribution in [0.4, 0.5) is 0 Å². The van der Waals surface area contributed by atoms with Crippen LogP contribution in [-0.2, 0) is 4.74 Å². The zero-order valence-corrected chi connectivity index (χ0v) is 14.0. The van der Waals surface area contributed by atoms with Gasteiger partial charge in [0.15, 0.2) is 0 Å². The molecule has 1 aliphatic heterocycles. The summed E-state index contributed by atoms with van der Waals surface area (Å²) in [6.07, 6.45) is 4.09. The molecule has 2 aromatic rings. The maximum absolute atomic E-state index is 12.8. The number of likely N-dealkylation sites (tertiary alicyclic amines) is 1. The fraction of sp³-hybridized carbons (Fsp3) is 0.526. The molecule has 128 valence electrons. The van der Waals surface area contributed by atoms with E-state index in [0.717, 1.165) is 35.7 Å². The van der Waals surface area contributed by atoms with Crippen LogP contribution in [0.5, 0.6) is 0 Å². The van der Waals surface area contributed by atoms with Crippen LogP contribution in [-0.4, -0.2) is 52.8 Å². The Balaban J connectivity index is 1.46. The number of amides is 1. The SMILES string of the molecule is CCOC1CC(O)C12CCN(C(=O)c1ccc3cc[nH]c3c1)CC2. The van der Waals surface area contributed by atoms with Crippen LogP contribution >= 0.6 is 0 Å². The molecule has 1 aliphatic carbocycles. The van der Waals surface area contributed by atoms with Gasteiger partial charge < -0.3 is 19.7 Å². The topological polar surface area (TPSA) is 65.6 Å². The van der Waals surface area contributed by atoms with Crippen molar-refractivity contribution in [1.82, 2.24) is 9.88 Å². The number of hydrogen-bond donors (Lipinski definition) is 2. The Labute approximate surface area is 141 Å². The summed E-state index contributed by atoms with van der Waals surface area (Å²) in [7, 11) is 0. The number of piperidine rings is 1. The Morgan fingerprint density at radius 3 is 2.88 bits per heavy atom. The standard InChI is InChI=1S/C19H24N2O3/c1-2-24-17-12-16(22)19(17)6-9-21(10-7-19)18(23)14-4-3-13-5-8-20-15(13)11-14/h3-5,8,11,16-17,20,22H,2,6-7,9-10,12H2,1H3. The van der Waals surface area contributed by atoms with Crippen molar-refractivity contribution >= 4 is 16.8 Å². The van der Waals surface area contributed by atoms with Crippen molar-refractivity contribution in [3.05, 3.63) is 36.0 Å². The summed E-state index contributed by atoms with van der Waals surface area (Å²) in [4.78, 5) is 17.9. The molecule has 2 aliphatic rings. The van der Waals surface area contributed by atoms with E-state index >= 15 is 0 Å². The number of hydrogen-bond acceptors (Lipinski definition) is 3. The molecule has 2 atom stereocenters. The lowest BCUT2D eigenvalue weighted by molar-refractivity contribution is -0.207. The summed E-state index contributed by atoms with van der Waals surface area (Å²) in [6, 6.07) is 7.79. The highest BCUT2D eigenvalue weighted by molar-refractivity contribution is 5.98. The van der Waals surface area contributed by atoms with Crippen molar-refractivity contribution in [2.24, 2.45) is 5.41 Å². The molecule has 24 heavy (non-hydrogen) atoms. The van der Waals surface area contributed by atoms with Crippen molar-refractivity contribution in [3.8, 4) is 0 Å². The number of aliphatic hydroxyl groups is 1. The number of carbonyl (C=O) groups excluding carboxylic acids is 1. The third kappa shape index (κ3) is 2.34. The van der Waals surface area contributed by atoms with E-state index in [0.29, 0.717) is 19.7 Å². The minimum atomic E-state index is -0.290. The lowest BCUT2D eigenvalue weighted by Crippen LogP contribution is -2.62. The first-order valence-electron chi connectivity index (χ1n) is 8.80. The highest BCUT2D eigenvalue weighted by atomic mass is 16.5. The van der Waals surface area contributed by atoms with E-state index in [1.807, 2.05) is 42.3 Å². The molecule has 1 aromatic heterocycles. The number of H-pyrrole nitrogens is 1. The van der Waals surface area contributed by atoms with Crippen LogP contribution in [0.3, 0.4) is 0 Å². The minimum absolute atomic E-state index is 0.0723. The summed E-state index contributed by atoms with van der Waals surface area (Å²) in [6.45, 7) is 4.04. The summed E-state index contributed by atoms with van der Waals surface area (Å²) in [5.74, 6) is 0.0723. The average molecular weight is 328 g/mol. The quantitative estimate of drug-likeness (QED) is 0.910. The number of aliphatic hydroxyl groups excluding tert-OH is 1. The predicted octanol–water partition coefficient (Wildman–Crippen LogP) is 2.56. The third-order valence-electron chi connectivity index (χ3n) is 5.89. The predicted molar refractivity (Wildman–Crippen MR) is 91.9 cm³/mol. The van der Waals surface area contributed by atoms with E-state index in [4.69, 9.17) is 4.74 Å². The highest BCUT2D eigenvalue weighted by Gasteiger charge is 2.56. The summed E-state index contributed by atoms with van der Waals surface area (Å²) in [5.41, 5.74) is 1.56. The number of ether oxygens (including phenoxy) is 1. The first-order valence-corrected chi connectivity index (χ1v) is 8.80. The number of aromatic nitrogens is 1. The van der Waals surface area contributed by atoms with Gasteiger partial charge in [0.25, 0.3) is 5.91 Å². The molecule has 1 amide bonds. The van der Waals surface area contributed by atoms with Gasteiger partial charge in [0, 0.05) is 48.8 Å². The smallest absolute Gasteiger partial charge is 0.253 e. The second kappa shape index (κ2) is 5.90. The fourth-order valence-corrected chi connectivity index (χ4v) is 4.31. The Bertz CT molecular complexity index is 744. The van der Waals surface area contributed by atoms with Crippen LogP contribution in [0.2, 0.25) is 0 Å². The van der Waals surface area contributed by atoms with E-state index in [2.05, 4.69) is 4.98 Å². The van der Waals surface area contributed by atoms with Crippen LogP contribution in [0.1, 0.15) is 36.5 Å². The van der Waals surface area contributed by atoms with Crippen LogP contribution in [0, 0.1) is 5.41 Å². The van der Waals surface area contributed by atoms with Crippen molar-refractivity contribution in [3.63, 3.8) is 0 Å². The maximum atomic E-state index is 12.8. The first kappa shape index (κ1) is 15.7. The zero-order valence-electron chi connectivity index (χ0n) is 14.0. The molecule has 0 radical (unpaired) electrons. The van der Waals surface area contributed by atoms with Gasteiger partial charge >= 0.3 is 0 Å². The molecule has 1 saturated heterocycles. The van der Waals surface area contributed by atoms with Gasteiger partial charge in [-0.25, -0.2) is 0 Å². The van der Waals surface area contributed by atoms with Crippen molar-refractivity contribution in [2.45, 2.75) is 38.4 Å². The van der Waals surface area contributed by atoms with Crippen LogP contribution in [0.15, 0.2) is 30.5 Å². The second-order valence-electron chi connectivity index (χ2n) is 7.00. The summed E-state index contributed by atoms with van der Waals surface area (Å²) in [5, 5.41) is 11.4. The Morgan fingerprint density at radius 2 is 2.17 bits per heavy atom. The molecular formula is C19H24N2O3. The maximum Gasteiger partial charge on any atom is 0.253 e. The van der Waals surface area contributed by atoms with Gasteiger partial charge in [0.2, 0.25) is 0 Å². The second-order valence-corrected chi connectivity index (χ2v) is 7.00. The third-order valence-corrected chi connectivity index (χ3v) is 5.89. The van der Waals surface area contributed by atoms with Crippen molar-refractivity contribution in [2.75, 3.05) is 19.7 Å². The fourth-order valence-electron chi connectivity index (χ4n) is 4.31. The molecule has 2 heterocycles. The van der Waals surface area contributed by atoms with Gasteiger partial charge in [0.1, 0.15) is 0 Å². The molecular weight excluding hydrogens is 304 g/mol. The van der Waals surface area contributed by atoms with E-state index < -0.39 is 0 Å². The van der Waals surface area contributed by atoms with Crippen LogP contribution in [0.25, 0.3) is 10.9 Å². The van der Waals surface area contributed by atoms with E-state index in [1.165, 1.54) is 0 Å². The van der Waals surface area contributed by atoms with E-state index in [-0.39, 0.29) is 23.5 Å². The Kier molecular flexibility index (Phi) is 3.85. The van der Waals surface area contributed by atoms with E-state index in [1.54, 1.807) is 0 Å². The largest absolute Gasteiger partial charge is 0.392 e. The van der Waals surface area contributed by atoms with Crippen LogP contribution < -0.4 is 0 Å². The normalized spacial score (nSPS) is 25.8. The molecule has 5 heteroatoms. The lowest BCUT2D eigenvalue weighted by Gasteiger charge is -2.56. The summed E-state index contributed by atoms with van der Waals surface area (Å²) < 4.78 is 5.79. The van der Waals surface area contributed by atoms with Gasteiger partial charge in [0.05, 0.1) is 12.2 Å². The van der Waals surface area contributed by atoms with E-state index in [9.17, 15) is 9.90 Å². The van der Waals surface area contributed by atoms with Crippen molar-refractivity contribution in [1.29, 1.82) is 0 Å². The molecule has 5 nitrogen and oxygen atoms in total. The molecule has 2 unspecified atom stereocenters. The van der Waals surface area contributed by atoms with Gasteiger partial charge in [-0.3, -0.25) is 4.79 Å². The molecule has 1 saturated carbocycles. The minimum Gasteiger partial charge on any atom is -0.392 e. The number of fused-ring (bicyclic) bond motifs is 1. The molecule has 4 rings (SSSR count). The first-order chi connectivity index (χ1) is 11.6. The van der Waals surface area contributed by atoms with Gasteiger partial charge in [-0.1, -0.05) is 6.07 Å². The number of benzene rings is 1. The number of nitrogens with zero attached hydrogens (tertiary/aromatic N) is 1. The number of nitrogens with one attached hydrogen (secondary N) is 1. The monoisotopic (exact) mass is 328 g/mol. The van der Waals surface area contributed by atoms with Gasteiger partial charge in [-0.2, -0.15) is 0 Å². The van der Waals surface area contributed by atoms with Gasteiger partial charge in [-0.05, 0) is 43.4 Å². The lowest BCUT2D eigenvalue weighted by atomic mass is 9.58. The molecule has 1 aromatic carbocycles. The highest BCUT2D eigenvalue weighted by Crippen LogP contribution is 2.51. The zero-order chi connectivity index (χ0) is 16.7. The molecule has 1 spiro atoms. The number of carbonyl (C=O) groups is 1. The average Bonchev–Trinajstić information content (AvgIpc) is 3.09. The number of aromatic amines is 1. The van der Waals surface area contributed by atoms with Crippen molar-refractivity contribution < 1.29 is 14.6 Å². The summed E-state index contributed by atoms with van der Waals surface area (Å²) >= 11 is 0. The molecule has 2 fully saturated rings. The van der Waals surface area contributed by atoms with Gasteiger partial charge in [-0.15, -0.1) is 0 Å².